The van der Waals surface area contributed by atoms with Gasteiger partial charge in [0.05, 0.1) is 13.3 Å². The normalized spacial score (nSPS) is 10.3. The minimum Gasteiger partial charge on any atom is -0.493 e. The van der Waals surface area contributed by atoms with E-state index in [4.69, 9.17) is 9.57 Å². The van der Waals surface area contributed by atoms with Crippen LogP contribution in [0.5, 0.6) is 11.5 Å². The molecule has 0 saturated carbocycles. The van der Waals surface area contributed by atoms with Gasteiger partial charge in [0.15, 0.2) is 11.5 Å². The lowest BCUT2D eigenvalue weighted by atomic mass is 10.2. The Morgan fingerprint density at radius 1 is 1.41 bits per heavy atom. The number of oxime groups is 1. The summed E-state index contributed by atoms with van der Waals surface area (Å²) in [6.07, 6.45) is 1.41. The SMILES string of the molecule is CNOc1ccc(/C=N/OC(C)=O)cc1OC. The number of benzene rings is 1. The quantitative estimate of drug-likeness (QED) is 0.472. The topological polar surface area (TPSA) is 69.1 Å². The van der Waals surface area contributed by atoms with Gasteiger partial charge in [-0.05, 0) is 18.2 Å². The molecule has 0 spiro atoms. The highest BCUT2D eigenvalue weighted by atomic mass is 16.7. The Kier molecular flexibility index (Phi) is 4.96. The lowest BCUT2D eigenvalue weighted by molar-refractivity contribution is -0.140. The lowest BCUT2D eigenvalue weighted by Crippen LogP contribution is -2.11. The van der Waals surface area contributed by atoms with Crippen molar-refractivity contribution in [3.63, 3.8) is 0 Å². The van der Waals surface area contributed by atoms with Crippen LogP contribution < -0.4 is 15.1 Å². The van der Waals surface area contributed by atoms with Crippen molar-refractivity contribution >= 4 is 12.2 Å². The van der Waals surface area contributed by atoms with Gasteiger partial charge in [-0.25, -0.2) is 4.79 Å². The second-order valence-electron chi connectivity index (χ2n) is 3.03. The fourth-order valence-corrected chi connectivity index (χ4v) is 1.12. The smallest absolute Gasteiger partial charge is 0.331 e. The molecule has 92 valence electrons. The molecule has 1 aromatic rings. The average molecular weight is 238 g/mol. The number of hydrogen-bond acceptors (Lipinski definition) is 6. The fraction of sp³-hybridized carbons (Fsp3) is 0.273. The van der Waals surface area contributed by atoms with E-state index in [0.29, 0.717) is 11.5 Å². The summed E-state index contributed by atoms with van der Waals surface area (Å²) in [5, 5.41) is 3.51. The van der Waals surface area contributed by atoms with Crippen molar-refractivity contribution in [2.45, 2.75) is 6.92 Å². The predicted molar refractivity (Wildman–Crippen MR) is 62.0 cm³/mol. The zero-order valence-corrected chi connectivity index (χ0v) is 9.89. The third-order valence-electron chi connectivity index (χ3n) is 1.78. The molecule has 0 aliphatic carbocycles. The molecular formula is C11H14N2O4. The highest BCUT2D eigenvalue weighted by Gasteiger charge is 2.04. The van der Waals surface area contributed by atoms with E-state index < -0.39 is 5.97 Å². The molecule has 6 nitrogen and oxygen atoms in total. The van der Waals surface area contributed by atoms with Gasteiger partial charge < -0.3 is 14.4 Å². The van der Waals surface area contributed by atoms with Crippen molar-refractivity contribution in [2.75, 3.05) is 14.2 Å². The molecule has 1 rings (SSSR count). The van der Waals surface area contributed by atoms with Gasteiger partial charge in [0.1, 0.15) is 0 Å². The number of methoxy groups -OCH3 is 1. The highest BCUT2D eigenvalue weighted by Crippen LogP contribution is 2.26. The van der Waals surface area contributed by atoms with Crippen molar-refractivity contribution < 1.29 is 19.2 Å². The molecule has 1 N–H and O–H groups in total. The van der Waals surface area contributed by atoms with E-state index in [9.17, 15) is 4.79 Å². The minimum absolute atomic E-state index is 0.469. The Morgan fingerprint density at radius 2 is 2.18 bits per heavy atom. The zero-order valence-electron chi connectivity index (χ0n) is 9.89. The molecule has 0 radical (unpaired) electrons. The third-order valence-corrected chi connectivity index (χ3v) is 1.78. The Morgan fingerprint density at radius 3 is 2.76 bits per heavy atom. The van der Waals surface area contributed by atoms with Crippen LogP contribution in [0.15, 0.2) is 23.4 Å². The zero-order chi connectivity index (χ0) is 12.7. The van der Waals surface area contributed by atoms with E-state index in [1.165, 1.54) is 20.2 Å². The Labute approximate surface area is 99.1 Å². The Bertz CT molecular complexity index is 418. The minimum atomic E-state index is -0.469. The van der Waals surface area contributed by atoms with Crippen LogP contribution in [-0.4, -0.2) is 26.3 Å². The number of rotatable bonds is 5. The van der Waals surface area contributed by atoms with E-state index in [-0.39, 0.29) is 0 Å². The average Bonchev–Trinajstić information content (AvgIpc) is 2.30. The summed E-state index contributed by atoms with van der Waals surface area (Å²) in [4.78, 5) is 20.1. The summed E-state index contributed by atoms with van der Waals surface area (Å²) >= 11 is 0. The third kappa shape index (κ3) is 4.12. The summed E-state index contributed by atoms with van der Waals surface area (Å²) in [5.41, 5.74) is 3.28. The number of nitrogens with zero attached hydrogens (tertiary/aromatic N) is 1. The first-order valence-electron chi connectivity index (χ1n) is 4.90. The monoisotopic (exact) mass is 238 g/mol. The summed E-state index contributed by atoms with van der Waals surface area (Å²) in [6.45, 7) is 1.28. The standard InChI is InChI=1S/C11H14N2O4/c1-8(14)16-13-7-9-4-5-10(17-12-2)11(6-9)15-3/h4-7,12H,1-3H3/b13-7+. The van der Waals surface area contributed by atoms with Crippen LogP contribution >= 0.6 is 0 Å². The van der Waals surface area contributed by atoms with Gasteiger partial charge in [0.25, 0.3) is 0 Å². The number of hydroxylamine groups is 1. The second kappa shape index (κ2) is 6.49. The molecule has 0 fully saturated rings. The number of ether oxygens (including phenoxy) is 1. The predicted octanol–water partition coefficient (Wildman–Crippen LogP) is 1.11. The second-order valence-corrected chi connectivity index (χ2v) is 3.03. The van der Waals surface area contributed by atoms with Gasteiger partial charge in [0.2, 0.25) is 0 Å². The Balaban J connectivity index is 2.81. The largest absolute Gasteiger partial charge is 0.493 e. The van der Waals surface area contributed by atoms with Gasteiger partial charge in [-0.1, -0.05) is 5.16 Å². The van der Waals surface area contributed by atoms with Gasteiger partial charge in [-0.15, -0.1) is 0 Å². The van der Waals surface area contributed by atoms with Gasteiger partial charge in [-0.3, -0.25) is 0 Å². The van der Waals surface area contributed by atoms with Crippen LogP contribution in [0.4, 0.5) is 0 Å². The van der Waals surface area contributed by atoms with Crippen molar-refractivity contribution in [3.05, 3.63) is 23.8 Å². The van der Waals surface area contributed by atoms with Crippen molar-refractivity contribution in [1.29, 1.82) is 0 Å². The molecule has 0 amide bonds. The maximum absolute atomic E-state index is 10.5. The number of carbonyl (C=O) groups is 1. The highest BCUT2D eigenvalue weighted by molar-refractivity contribution is 5.81. The van der Waals surface area contributed by atoms with Crippen molar-refractivity contribution in [2.24, 2.45) is 5.16 Å². The van der Waals surface area contributed by atoms with Crippen LogP contribution in [0.3, 0.4) is 0 Å². The van der Waals surface area contributed by atoms with E-state index in [0.717, 1.165) is 5.56 Å². The van der Waals surface area contributed by atoms with Crippen LogP contribution in [0.25, 0.3) is 0 Å². The van der Waals surface area contributed by atoms with E-state index in [1.54, 1.807) is 25.2 Å². The van der Waals surface area contributed by atoms with Gasteiger partial charge >= 0.3 is 5.97 Å². The summed E-state index contributed by atoms with van der Waals surface area (Å²) in [7, 11) is 3.18. The number of hydrogen-bond donors (Lipinski definition) is 1. The molecule has 0 aromatic heterocycles. The fourth-order valence-electron chi connectivity index (χ4n) is 1.12. The molecule has 0 atom stereocenters. The molecule has 0 aliphatic heterocycles. The van der Waals surface area contributed by atoms with Crippen LogP contribution in [-0.2, 0) is 9.63 Å². The summed E-state index contributed by atoms with van der Waals surface area (Å²) in [5.74, 6) is 0.633. The molecular weight excluding hydrogens is 224 g/mol. The van der Waals surface area contributed by atoms with Gasteiger partial charge in [0, 0.05) is 19.5 Å². The van der Waals surface area contributed by atoms with Crippen LogP contribution in [0.1, 0.15) is 12.5 Å². The van der Waals surface area contributed by atoms with Crippen LogP contribution in [0.2, 0.25) is 0 Å². The molecule has 0 heterocycles. The van der Waals surface area contributed by atoms with Crippen LogP contribution in [0, 0.1) is 0 Å². The van der Waals surface area contributed by atoms with Gasteiger partial charge in [-0.2, -0.15) is 5.48 Å². The Hall–Kier alpha value is -2.08. The molecule has 1 aromatic carbocycles. The molecule has 0 unspecified atom stereocenters. The molecule has 17 heavy (non-hydrogen) atoms. The summed E-state index contributed by atoms with van der Waals surface area (Å²) in [6, 6.07) is 5.17. The lowest BCUT2D eigenvalue weighted by Gasteiger charge is -2.08. The van der Waals surface area contributed by atoms with E-state index in [2.05, 4.69) is 15.5 Å². The molecule has 0 bridgehead atoms. The maximum Gasteiger partial charge on any atom is 0.331 e. The summed E-state index contributed by atoms with van der Waals surface area (Å²) < 4.78 is 5.13. The van der Waals surface area contributed by atoms with E-state index >= 15 is 0 Å². The first-order chi connectivity index (χ1) is 8.17. The maximum atomic E-state index is 10.5. The molecule has 0 saturated heterocycles. The first kappa shape index (κ1) is 13.0. The number of nitrogens with one attached hydrogen (secondary N) is 1. The number of carbonyl (C=O) groups excluding carboxylic acids is 1. The molecule has 6 heteroatoms. The first-order valence-corrected chi connectivity index (χ1v) is 4.90. The molecule has 0 aliphatic rings. The van der Waals surface area contributed by atoms with Crippen molar-refractivity contribution in [1.82, 2.24) is 5.48 Å². The van der Waals surface area contributed by atoms with E-state index in [1.807, 2.05) is 0 Å². The van der Waals surface area contributed by atoms with Crippen molar-refractivity contribution in [3.8, 4) is 11.5 Å².